The van der Waals surface area contributed by atoms with Gasteiger partial charge in [0.2, 0.25) is 27.6 Å². The highest BCUT2D eigenvalue weighted by Gasteiger charge is 2.43. The van der Waals surface area contributed by atoms with Gasteiger partial charge in [0.05, 0.1) is 17.8 Å². The average Bonchev–Trinajstić information content (AvgIpc) is 3.65. The molecule has 43 heavy (non-hydrogen) atoms. The molecule has 1 saturated heterocycles. The quantitative estimate of drug-likeness (QED) is 0.232. The molecule has 1 heterocycles. The first-order chi connectivity index (χ1) is 20.4. The zero-order valence-corrected chi connectivity index (χ0v) is 26.3. The van der Waals surface area contributed by atoms with Gasteiger partial charge in [0.15, 0.2) is 0 Å². The van der Waals surface area contributed by atoms with Crippen LogP contribution in [-0.2, 0) is 29.2 Å². The highest BCUT2D eigenvalue weighted by atomic mass is 32.2. The SMILES string of the molecule is CN(C)S(=O)(=O)CC1(NC(=O)N[C@H](C(=O)N2CCC[C@H]2C(=O)NCC(=O)C(=O)NC2CC2)C2CCCCC2)CCCCC1. The maximum atomic E-state index is 14.0. The fourth-order valence-electron chi connectivity index (χ4n) is 6.62. The standard InChI is InChI=1S/C29H48N6O7S/c1-34(2)43(41,42)19-29(15-7-4-8-16-29)33-28(40)32-24(20-10-5-3-6-11-20)27(39)35-17-9-12-22(35)25(37)30-18-23(36)26(38)31-21-13-14-21/h20-22,24H,3-19H2,1-2H3,(H,30,37)(H,31,38)(H2,32,33,40)/t22-,24-/m0/s1. The van der Waals surface area contributed by atoms with Gasteiger partial charge >= 0.3 is 6.03 Å². The molecule has 242 valence electrons. The van der Waals surface area contributed by atoms with Crippen LogP contribution in [0.2, 0.25) is 0 Å². The van der Waals surface area contributed by atoms with Crippen LogP contribution in [0.4, 0.5) is 4.79 Å². The van der Waals surface area contributed by atoms with E-state index in [1.54, 1.807) is 0 Å². The van der Waals surface area contributed by atoms with Gasteiger partial charge in [-0.25, -0.2) is 17.5 Å². The second-order valence-corrected chi connectivity index (χ2v) is 15.1. The third-order valence-electron chi connectivity index (χ3n) is 9.31. The van der Waals surface area contributed by atoms with E-state index in [0.717, 1.165) is 64.2 Å². The lowest BCUT2D eigenvalue weighted by Gasteiger charge is -2.40. The molecular formula is C29H48N6O7S. The second-order valence-electron chi connectivity index (χ2n) is 12.9. The number of likely N-dealkylation sites (tertiary alicyclic amines) is 1. The Morgan fingerprint density at radius 3 is 2.16 bits per heavy atom. The average molecular weight is 625 g/mol. The minimum atomic E-state index is -3.59. The smallest absolute Gasteiger partial charge is 0.315 e. The maximum absolute atomic E-state index is 14.0. The van der Waals surface area contributed by atoms with E-state index in [2.05, 4.69) is 21.3 Å². The highest BCUT2D eigenvalue weighted by Crippen LogP contribution is 2.32. The van der Waals surface area contributed by atoms with E-state index in [4.69, 9.17) is 0 Å². The zero-order valence-electron chi connectivity index (χ0n) is 25.5. The molecule has 2 atom stereocenters. The van der Waals surface area contributed by atoms with Gasteiger partial charge in [-0.1, -0.05) is 38.5 Å². The van der Waals surface area contributed by atoms with Crippen molar-refractivity contribution < 1.29 is 32.4 Å². The molecule has 0 bridgehead atoms. The van der Waals surface area contributed by atoms with Crippen LogP contribution in [0, 0.1) is 5.92 Å². The molecular weight excluding hydrogens is 576 g/mol. The number of sulfonamides is 1. The van der Waals surface area contributed by atoms with Crippen LogP contribution in [-0.4, -0.2) is 104 Å². The summed E-state index contributed by atoms with van der Waals surface area (Å²) < 4.78 is 26.8. The third kappa shape index (κ3) is 8.90. The summed E-state index contributed by atoms with van der Waals surface area (Å²) in [4.78, 5) is 66.3. The number of urea groups is 1. The normalized spacial score (nSPS) is 23.3. The second kappa shape index (κ2) is 14.4. The summed E-state index contributed by atoms with van der Waals surface area (Å²) in [5.74, 6) is -2.63. The van der Waals surface area contributed by atoms with E-state index in [-0.39, 0.29) is 23.6 Å². The fraction of sp³-hybridized carbons (Fsp3) is 0.828. The van der Waals surface area contributed by atoms with Gasteiger partial charge in [-0.3, -0.25) is 19.2 Å². The summed E-state index contributed by atoms with van der Waals surface area (Å²) in [6.07, 6.45) is 10.7. The van der Waals surface area contributed by atoms with Crippen LogP contribution in [0.5, 0.6) is 0 Å². The van der Waals surface area contributed by atoms with Crippen molar-refractivity contribution in [2.75, 3.05) is 32.9 Å². The Kier molecular flexibility index (Phi) is 11.1. The number of nitrogens with zero attached hydrogens (tertiary/aromatic N) is 2. The van der Waals surface area contributed by atoms with Gasteiger partial charge in [0.1, 0.15) is 12.1 Å². The Hall–Kier alpha value is -2.74. The van der Waals surface area contributed by atoms with Crippen LogP contribution < -0.4 is 21.3 Å². The largest absolute Gasteiger partial charge is 0.347 e. The van der Waals surface area contributed by atoms with Crippen molar-refractivity contribution in [2.45, 2.75) is 114 Å². The number of ketones is 1. The van der Waals surface area contributed by atoms with Gasteiger partial charge < -0.3 is 26.2 Å². The molecule has 3 saturated carbocycles. The van der Waals surface area contributed by atoms with Crippen molar-refractivity contribution >= 4 is 39.6 Å². The topological polar surface area (TPSA) is 174 Å². The molecule has 1 aliphatic heterocycles. The number of Topliss-reactive ketones (excluding diaryl/α,β-unsaturated/α-hetero) is 1. The molecule has 13 nitrogen and oxygen atoms in total. The monoisotopic (exact) mass is 624 g/mol. The molecule has 3 aliphatic carbocycles. The lowest BCUT2D eigenvalue weighted by atomic mass is 9.82. The van der Waals surface area contributed by atoms with Gasteiger partial charge in [0, 0.05) is 26.7 Å². The summed E-state index contributed by atoms with van der Waals surface area (Å²) in [7, 11) is -0.640. The highest BCUT2D eigenvalue weighted by molar-refractivity contribution is 7.89. The summed E-state index contributed by atoms with van der Waals surface area (Å²) in [6, 6.07) is -2.22. The van der Waals surface area contributed by atoms with E-state index in [9.17, 15) is 32.4 Å². The molecule has 0 aromatic rings. The molecule has 0 spiro atoms. The van der Waals surface area contributed by atoms with E-state index in [0.29, 0.717) is 32.2 Å². The Morgan fingerprint density at radius 2 is 1.53 bits per heavy atom. The number of hydrogen-bond acceptors (Lipinski definition) is 7. The summed E-state index contributed by atoms with van der Waals surface area (Å²) >= 11 is 0. The zero-order chi connectivity index (χ0) is 31.2. The number of rotatable bonds is 12. The predicted octanol–water partition coefficient (Wildman–Crippen LogP) is 0.784. The van der Waals surface area contributed by atoms with E-state index in [1.807, 2.05) is 0 Å². The number of nitrogens with one attached hydrogen (secondary N) is 4. The maximum Gasteiger partial charge on any atom is 0.315 e. The van der Waals surface area contributed by atoms with E-state index < -0.39 is 57.8 Å². The number of carbonyl (C=O) groups excluding carboxylic acids is 5. The molecule has 14 heteroatoms. The molecule has 4 N–H and O–H groups in total. The van der Waals surface area contributed by atoms with Crippen molar-refractivity contribution in [3.05, 3.63) is 0 Å². The lowest BCUT2D eigenvalue weighted by Crippen LogP contribution is -2.62. The van der Waals surface area contributed by atoms with Crippen LogP contribution >= 0.6 is 0 Å². The number of hydrogen-bond donors (Lipinski definition) is 4. The Balaban J connectivity index is 1.44. The van der Waals surface area contributed by atoms with Crippen LogP contribution in [0.15, 0.2) is 0 Å². The Morgan fingerprint density at radius 1 is 0.884 bits per heavy atom. The molecule has 5 amide bonds. The van der Waals surface area contributed by atoms with Crippen molar-refractivity contribution in [3.8, 4) is 0 Å². The Labute approximate surface area is 254 Å². The summed E-state index contributed by atoms with van der Waals surface area (Å²) in [5, 5.41) is 11.0. The lowest BCUT2D eigenvalue weighted by molar-refractivity contribution is -0.142. The third-order valence-corrected chi connectivity index (χ3v) is 11.3. The molecule has 0 unspecified atom stereocenters. The molecule has 0 aromatic heterocycles. The van der Waals surface area contributed by atoms with Crippen molar-refractivity contribution in [3.63, 3.8) is 0 Å². The number of carbonyl (C=O) groups is 5. The predicted molar refractivity (Wildman–Crippen MR) is 159 cm³/mol. The van der Waals surface area contributed by atoms with Gasteiger partial charge in [-0.05, 0) is 57.3 Å². The van der Waals surface area contributed by atoms with E-state index in [1.165, 1.54) is 23.3 Å². The van der Waals surface area contributed by atoms with Crippen LogP contribution in [0.1, 0.15) is 89.9 Å². The molecule has 4 rings (SSSR count). The van der Waals surface area contributed by atoms with Crippen LogP contribution in [0.25, 0.3) is 0 Å². The van der Waals surface area contributed by atoms with Gasteiger partial charge in [-0.2, -0.15) is 0 Å². The Bertz CT molecular complexity index is 1160. The summed E-state index contributed by atoms with van der Waals surface area (Å²) in [5.41, 5.74) is -0.931. The minimum Gasteiger partial charge on any atom is -0.347 e. The molecule has 4 fully saturated rings. The first-order valence-electron chi connectivity index (χ1n) is 15.8. The van der Waals surface area contributed by atoms with Crippen molar-refractivity contribution in [1.82, 2.24) is 30.5 Å². The molecule has 4 aliphatic rings. The molecule has 0 aromatic carbocycles. The van der Waals surface area contributed by atoms with Gasteiger partial charge in [0.25, 0.3) is 5.91 Å². The van der Waals surface area contributed by atoms with Crippen LogP contribution in [0.3, 0.4) is 0 Å². The first kappa shape index (κ1) is 33.2. The molecule has 0 radical (unpaired) electrons. The number of amides is 5. The van der Waals surface area contributed by atoms with E-state index >= 15 is 0 Å². The minimum absolute atomic E-state index is 0.0295. The van der Waals surface area contributed by atoms with Crippen molar-refractivity contribution in [2.24, 2.45) is 5.92 Å². The first-order valence-corrected chi connectivity index (χ1v) is 17.4. The van der Waals surface area contributed by atoms with Gasteiger partial charge in [-0.15, -0.1) is 0 Å². The fourth-order valence-corrected chi connectivity index (χ4v) is 7.94. The summed E-state index contributed by atoms with van der Waals surface area (Å²) in [6.45, 7) is -0.106. The van der Waals surface area contributed by atoms with Crippen molar-refractivity contribution in [1.29, 1.82) is 0 Å².